The summed E-state index contributed by atoms with van der Waals surface area (Å²) in [6, 6.07) is 7.51. The number of hydrogen-bond acceptors (Lipinski definition) is 4. The normalized spacial score (nSPS) is 23.3. The topological polar surface area (TPSA) is 69.4 Å². The highest BCUT2D eigenvalue weighted by Crippen LogP contribution is 2.41. The number of rotatable bonds is 3. The maximum atomic E-state index is 11.0. The molecule has 4 nitrogen and oxygen atoms in total. The van der Waals surface area contributed by atoms with Crippen LogP contribution in [0, 0.1) is 5.92 Å². The van der Waals surface area contributed by atoms with Gasteiger partial charge in [0, 0.05) is 9.58 Å². The number of fused-ring (bicyclic) bond motifs is 1. The van der Waals surface area contributed by atoms with Crippen LogP contribution < -0.4 is 9.32 Å². The zero-order valence-corrected chi connectivity index (χ0v) is 13.5. The number of thiophene rings is 1. The lowest BCUT2D eigenvalue weighted by Crippen LogP contribution is -2.18. The molecule has 3 rings (SSSR count). The van der Waals surface area contributed by atoms with Gasteiger partial charge >= 0.3 is 10.3 Å². The van der Waals surface area contributed by atoms with Crippen LogP contribution in [0.3, 0.4) is 0 Å². The molecule has 1 aromatic carbocycles. The Labute approximate surface area is 129 Å². The van der Waals surface area contributed by atoms with Gasteiger partial charge in [0.2, 0.25) is 0 Å². The van der Waals surface area contributed by atoms with Gasteiger partial charge in [0.15, 0.2) is 0 Å². The maximum absolute atomic E-state index is 11.0. The van der Waals surface area contributed by atoms with E-state index in [-0.39, 0.29) is 5.75 Å². The van der Waals surface area contributed by atoms with Crippen molar-refractivity contribution >= 4 is 31.7 Å². The summed E-state index contributed by atoms with van der Waals surface area (Å²) < 4.78 is 27.7. The Bertz CT molecular complexity index is 743. The van der Waals surface area contributed by atoms with Gasteiger partial charge in [0.05, 0.1) is 0 Å². The van der Waals surface area contributed by atoms with Crippen molar-refractivity contribution in [2.24, 2.45) is 11.1 Å². The Hall–Kier alpha value is -1.11. The SMILES string of the molecule is CC1CCC(c2cc3ccc(OS(N)(=O)=O)cc3s2)CC1. The molecule has 0 radical (unpaired) electrons. The summed E-state index contributed by atoms with van der Waals surface area (Å²) in [5.41, 5.74) is 0. The van der Waals surface area contributed by atoms with Crippen LogP contribution in [0.2, 0.25) is 0 Å². The average molecular weight is 325 g/mol. The molecule has 6 heteroatoms. The number of benzene rings is 1. The molecule has 1 aliphatic rings. The van der Waals surface area contributed by atoms with Gasteiger partial charge in [-0.3, -0.25) is 0 Å². The van der Waals surface area contributed by atoms with Gasteiger partial charge in [-0.15, -0.1) is 11.3 Å². The summed E-state index contributed by atoms with van der Waals surface area (Å²) >= 11 is 1.73. The van der Waals surface area contributed by atoms with Gasteiger partial charge in [-0.2, -0.15) is 13.6 Å². The zero-order valence-electron chi connectivity index (χ0n) is 11.9. The fourth-order valence-electron chi connectivity index (χ4n) is 2.96. The predicted molar refractivity (Wildman–Crippen MR) is 85.9 cm³/mol. The molecule has 114 valence electrons. The zero-order chi connectivity index (χ0) is 15.0. The van der Waals surface area contributed by atoms with Crippen molar-refractivity contribution < 1.29 is 12.6 Å². The first-order valence-electron chi connectivity index (χ1n) is 7.16. The van der Waals surface area contributed by atoms with E-state index in [0.717, 1.165) is 16.0 Å². The van der Waals surface area contributed by atoms with Gasteiger partial charge < -0.3 is 4.18 Å². The highest BCUT2D eigenvalue weighted by atomic mass is 32.2. The predicted octanol–water partition coefficient (Wildman–Crippen LogP) is 3.78. The van der Waals surface area contributed by atoms with Crippen molar-refractivity contribution in [1.82, 2.24) is 0 Å². The fourth-order valence-corrected chi connectivity index (χ4v) is 4.60. The Kier molecular flexibility index (Phi) is 3.94. The van der Waals surface area contributed by atoms with E-state index in [2.05, 4.69) is 13.0 Å². The van der Waals surface area contributed by atoms with Gasteiger partial charge in [0.25, 0.3) is 0 Å². The van der Waals surface area contributed by atoms with Gasteiger partial charge in [-0.25, -0.2) is 0 Å². The van der Waals surface area contributed by atoms with Gasteiger partial charge in [0.1, 0.15) is 5.75 Å². The van der Waals surface area contributed by atoms with E-state index in [4.69, 9.17) is 9.32 Å². The Morgan fingerprint density at radius 3 is 2.57 bits per heavy atom. The average Bonchev–Trinajstić information content (AvgIpc) is 2.80. The molecule has 0 atom stereocenters. The number of hydrogen-bond donors (Lipinski definition) is 1. The smallest absolute Gasteiger partial charge is 0.371 e. The molecule has 21 heavy (non-hydrogen) atoms. The lowest BCUT2D eigenvalue weighted by Gasteiger charge is -2.25. The van der Waals surface area contributed by atoms with Crippen LogP contribution in [0.4, 0.5) is 0 Å². The van der Waals surface area contributed by atoms with Gasteiger partial charge in [-0.1, -0.05) is 19.8 Å². The summed E-state index contributed by atoms with van der Waals surface area (Å²) in [6.45, 7) is 2.32. The Morgan fingerprint density at radius 2 is 1.90 bits per heavy atom. The summed E-state index contributed by atoms with van der Waals surface area (Å²) in [4.78, 5) is 1.39. The second-order valence-electron chi connectivity index (χ2n) is 5.88. The van der Waals surface area contributed by atoms with Crippen LogP contribution >= 0.6 is 11.3 Å². The molecule has 1 aromatic heterocycles. The van der Waals surface area contributed by atoms with Crippen molar-refractivity contribution in [3.8, 4) is 5.75 Å². The minimum Gasteiger partial charge on any atom is -0.371 e. The fraction of sp³-hybridized carbons (Fsp3) is 0.467. The molecule has 1 heterocycles. The second-order valence-corrected chi connectivity index (χ2v) is 8.15. The molecule has 1 aliphatic carbocycles. The largest absolute Gasteiger partial charge is 0.380 e. The van der Waals surface area contributed by atoms with Gasteiger partial charge in [-0.05, 0) is 54.3 Å². The van der Waals surface area contributed by atoms with E-state index in [1.165, 1.54) is 30.6 Å². The molecule has 0 spiro atoms. The molecule has 0 aliphatic heterocycles. The lowest BCUT2D eigenvalue weighted by molar-refractivity contribution is 0.351. The molecule has 2 N–H and O–H groups in total. The third-order valence-corrected chi connectivity index (χ3v) is 5.83. The van der Waals surface area contributed by atoms with E-state index < -0.39 is 10.3 Å². The van der Waals surface area contributed by atoms with Crippen molar-refractivity contribution in [1.29, 1.82) is 0 Å². The molecular weight excluding hydrogens is 306 g/mol. The quantitative estimate of drug-likeness (QED) is 0.933. The molecule has 1 fully saturated rings. The Balaban J connectivity index is 1.86. The van der Waals surface area contributed by atoms with Crippen molar-refractivity contribution in [2.75, 3.05) is 0 Å². The highest BCUT2D eigenvalue weighted by molar-refractivity contribution is 7.84. The van der Waals surface area contributed by atoms with Crippen molar-refractivity contribution in [3.63, 3.8) is 0 Å². The van der Waals surface area contributed by atoms with E-state index in [0.29, 0.717) is 5.92 Å². The van der Waals surface area contributed by atoms with Crippen LogP contribution in [0.15, 0.2) is 24.3 Å². The molecule has 2 aromatic rings. The first-order valence-corrected chi connectivity index (χ1v) is 9.45. The molecule has 1 saturated carbocycles. The highest BCUT2D eigenvalue weighted by Gasteiger charge is 2.21. The summed E-state index contributed by atoms with van der Waals surface area (Å²) in [6.07, 6.45) is 5.07. The van der Waals surface area contributed by atoms with Crippen LogP contribution in [0.25, 0.3) is 10.1 Å². The van der Waals surface area contributed by atoms with E-state index in [9.17, 15) is 8.42 Å². The molecule has 0 saturated heterocycles. The molecular formula is C15H19NO3S2. The monoisotopic (exact) mass is 325 g/mol. The summed E-state index contributed by atoms with van der Waals surface area (Å²) in [5, 5.41) is 6.03. The standard InChI is InChI=1S/C15H19NO3S2/c1-10-2-4-11(5-3-10)14-8-12-6-7-13(9-15(12)20-14)19-21(16,17)18/h6-11H,2-5H2,1H3,(H2,16,17,18). The van der Waals surface area contributed by atoms with Crippen LogP contribution in [-0.2, 0) is 10.3 Å². The van der Waals surface area contributed by atoms with Crippen LogP contribution in [0.5, 0.6) is 5.75 Å². The minimum atomic E-state index is -3.96. The third kappa shape index (κ3) is 3.56. The van der Waals surface area contributed by atoms with Crippen LogP contribution in [-0.4, -0.2) is 8.42 Å². The van der Waals surface area contributed by atoms with E-state index >= 15 is 0 Å². The minimum absolute atomic E-state index is 0.274. The summed E-state index contributed by atoms with van der Waals surface area (Å²) in [5.74, 6) is 1.75. The van der Waals surface area contributed by atoms with Crippen molar-refractivity contribution in [3.05, 3.63) is 29.1 Å². The van der Waals surface area contributed by atoms with E-state index in [1.54, 1.807) is 23.5 Å². The van der Waals surface area contributed by atoms with Crippen molar-refractivity contribution in [2.45, 2.75) is 38.5 Å². The second kappa shape index (κ2) is 5.59. The van der Waals surface area contributed by atoms with E-state index in [1.807, 2.05) is 6.07 Å². The molecule has 0 unspecified atom stereocenters. The third-order valence-electron chi connectivity index (χ3n) is 4.14. The molecule has 0 bridgehead atoms. The maximum Gasteiger partial charge on any atom is 0.380 e. The summed E-state index contributed by atoms with van der Waals surface area (Å²) in [7, 11) is -3.96. The first-order chi connectivity index (χ1) is 9.90. The molecule has 0 amide bonds. The number of nitrogens with two attached hydrogens (primary N) is 1. The first kappa shape index (κ1) is 14.8. The lowest BCUT2D eigenvalue weighted by atomic mass is 9.82. The van der Waals surface area contributed by atoms with Crippen LogP contribution in [0.1, 0.15) is 43.4 Å². The Morgan fingerprint density at radius 1 is 1.19 bits per heavy atom.